The van der Waals surface area contributed by atoms with E-state index in [1.807, 2.05) is 36.4 Å². The standard InChI is InChI=1S/C12H14O2/c1-2-6-11(7-3-1)10-12-13-8-4-5-9-14-12/h1-3,6-7,10H,4-5,8-9H2. The molecule has 2 rings (SSSR count). The van der Waals surface area contributed by atoms with E-state index in [1.165, 1.54) is 0 Å². The Morgan fingerprint density at radius 1 is 0.929 bits per heavy atom. The van der Waals surface area contributed by atoms with E-state index in [0.717, 1.165) is 31.6 Å². The molecule has 0 atom stereocenters. The molecule has 14 heavy (non-hydrogen) atoms. The number of hydrogen-bond donors (Lipinski definition) is 0. The lowest BCUT2D eigenvalue weighted by Gasteiger charge is -2.05. The average molecular weight is 190 g/mol. The Labute approximate surface area is 84.2 Å². The first-order valence-electron chi connectivity index (χ1n) is 4.97. The molecule has 74 valence electrons. The van der Waals surface area contributed by atoms with E-state index < -0.39 is 0 Å². The Morgan fingerprint density at radius 3 is 2.21 bits per heavy atom. The van der Waals surface area contributed by atoms with Crippen LogP contribution in [0.25, 0.3) is 6.08 Å². The summed E-state index contributed by atoms with van der Waals surface area (Å²) < 4.78 is 10.9. The maximum Gasteiger partial charge on any atom is 0.279 e. The van der Waals surface area contributed by atoms with Crippen molar-refractivity contribution in [2.24, 2.45) is 0 Å². The van der Waals surface area contributed by atoms with Crippen LogP contribution < -0.4 is 0 Å². The summed E-state index contributed by atoms with van der Waals surface area (Å²) in [7, 11) is 0. The van der Waals surface area contributed by atoms with Crippen LogP contribution in [-0.4, -0.2) is 13.2 Å². The van der Waals surface area contributed by atoms with Crippen molar-refractivity contribution >= 4 is 6.08 Å². The minimum absolute atomic E-state index is 0.647. The van der Waals surface area contributed by atoms with Crippen LogP contribution in [0.3, 0.4) is 0 Å². The lowest BCUT2D eigenvalue weighted by Crippen LogP contribution is -1.93. The van der Waals surface area contributed by atoms with Crippen LogP contribution in [0.5, 0.6) is 0 Å². The summed E-state index contributed by atoms with van der Waals surface area (Å²) in [4.78, 5) is 0. The summed E-state index contributed by atoms with van der Waals surface area (Å²) in [5.41, 5.74) is 1.12. The summed E-state index contributed by atoms with van der Waals surface area (Å²) in [6, 6.07) is 10.1. The summed E-state index contributed by atoms with van der Waals surface area (Å²) in [5, 5.41) is 0. The van der Waals surface area contributed by atoms with E-state index in [9.17, 15) is 0 Å². The van der Waals surface area contributed by atoms with Crippen LogP contribution in [0.15, 0.2) is 36.3 Å². The Morgan fingerprint density at radius 2 is 1.57 bits per heavy atom. The quantitative estimate of drug-likeness (QED) is 0.678. The van der Waals surface area contributed by atoms with Gasteiger partial charge in [0.15, 0.2) is 0 Å². The fourth-order valence-corrected chi connectivity index (χ4v) is 1.36. The predicted molar refractivity (Wildman–Crippen MR) is 55.6 cm³/mol. The van der Waals surface area contributed by atoms with Gasteiger partial charge in [-0.15, -0.1) is 0 Å². The van der Waals surface area contributed by atoms with Gasteiger partial charge in [-0.1, -0.05) is 30.3 Å². The SMILES string of the molecule is C(=C1OCCCCO1)c1ccccc1. The first kappa shape index (κ1) is 9.13. The fraction of sp³-hybridized carbons (Fsp3) is 0.333. The number of ether oxygens (including phenoxy) is 2. The highest BCUT2D eigenvalue weighted by Crippen LogP contribution is 2.13. The molecule has 2 nitrogen and oxygen atoms in total. The van der Waals surface area contributed by atoms with Crippen LogP contribution >= 0.6 is 0 Å². The monoisotopic (exact) mass is 190 g/mol. The highest BCUT2D eigenvalue weighted by Gasteiger charge is 2.04. The molecule has 0 saturated carbocycles. The van der Waals surface area contributed by atoms with Crippen molar-refractivity contribution in [3.63, 3.8) is 0 Å². The first-order chi connectivity index (χ1) is 6.95. The molecule has 0 bridgehead atoms. The fourth-order valence-electron chi connectivity index (χ4n) is 1.36. The van der Waals surface area contributed by atoms with Gasteiger partial charge in [0.1, 0.15) is 0 Å². The average Bonchev–Trinajstić information content (AvgIpc) is 2.48. The molecule has 1 fully saturated rings. The number of hydrogen-bond acceptors (Lipinski definition) is 2. The first-order valence-corrected chi connectivity index (χ1v) is 4.97. The normalized spacial score (nSPS) is 16.4. The molecule has 0 spiro atoms. The number of rotatable bonds is 1. The molecular weight excluding hydrogens is 176 g/mol. The van der Waals surface area contributed by atoms with Crippen molar-refractivity contribution in [3.05, 3.63) is 41.8 Å². The van der Waals surface area contributed by atoms with Gasteiger partial charge in [-0.25, -0.2) is 0 Å². The van der Waals surface area contributed by atoms with Crippen LogP contribution in [0.2, 0.25) is 0 Å². The van der Waals surface area contributed by atoms with E-state index in [2.05, 4.69) is 0 Å². The molecule has 1 aliphatic heterocycles. The Balaban J connectivity index is 2.09. The van der Waals surface area contributed by atoms with Crippen molar-refractivity contribution < 1.29 is 9.47 Å². The van der Waals surface area contributed by atoms with Crippen molar-refractivity contribution in [1.29, 1.82) is 0 Å². The highest BCUT2D eigenvalue weighted by atomic mass is 16.7. The number of benzene rings is 1. The van der Waals surface area contributed by atoms with Crippen LogP contribution in [0, 0.1) is 0 Å². The Bertz CT molecular complexity index is 293. The van der Waals surface area contributed by atoms with Crippen molar-refractivity contribution in [2.75, 3.05) is 13.2 Å². The maximum atomic E-state index is 5.45. The lowest BCUT2D eigenvalue weighted by molar-refractivity contribution is 0.0662. The summed E-state index contributed by atoms with van der Waals surface area (Å²) in [6.45, 7) is 1.53. The molecule has 0 aliphatic carbocycles. The second kappa shape index (κ2) is 4.70. The smallest absolute Gasteiger partial charge is 0.279 e. The van der Waals surface area contributed by atoms with Gasteiger partial charge in [-0.2, -0.15) is 0 Å². The third kappa shape index (κ3) is 2.52. The second-order valence-electron chi connectivity index (χ2n) is 3.28. The molecule has 0 N–H and O–H groups in total. The van der Waals surface area contributed by atoms with Gasteiger partial charge in [0.05, 0.1) is 13.2 Å². The molecule has 1 saturated heterocycles. The zero-order valence-electron chi connectivity index (χ0n) is 8.11. The Kier molecular flexibility index (Phi) is 3.06. The third-order valence-corrected chi connectivity index (χ3v) is 2.11. The topological polar surface area (TPSA) is 18.5 Å². The van der Waals surface area contributed by atoms with Gasteiger partial charge in [0, 0.05) is 6.08 Å². The largest absolute Gasteiger partial charge is 0.465 e. The molecule has 1 heterocycles. The van der Waals surface area contributed by atoms with Gasteiger partial charge < -0.3 is 9.47 Å². The van der Waals surface area contributed by atoms with E-state index in [4.69, 9.17) is 9.47 Å². The molecular formula is C12H14O2. The van der Waals surface area contributed by atoms with Crippen molar-refractivity contribution in [1.82, 2.24) is 0 Å². The molecule has 1 aromatic carbocycles. The Hall–Kier alpha value is -1.44. The summed E-state index contributed by atoms with van der Waals surface area (Å²) in [6.07, 6.45) is 4.09. The zero-order valence-corrected chi connectivity index (χ0v) is 8.11. The highest BCUT2D eigenvalue weighted by molar-refractivity contribution is 5.49. The van der Waals surface area contributed by atoms with Crippen LogP contribution in [0.1, 0.15) is 18.4 Å². The van der Waals surface area contributed by atoms with E-state index in [0.29, 0.717) is 5.95 Å². The van der Waals surface area contributed by atoms with Crippen LogP contribution in [-0.2, 0) is 9.47 Å². The zero-order chi connectivity index (χ0) is 9.64. The van der Waals surface area contributed by atoms with E-state index in [1.54, 1.807) is 0 Å². The minimum atomic E-state index is 0.647. The van der Waals surface area contributed by atoms with E-state index in [-0.39, 0.29) is 0 Å². The minimum Gasteiger partial charge on any atom is -0.465 e. The predicted octanol–water partition coefficient (Wildman–Crippen LogP) is 2.81. The molecule has 0 amide bonds. The summed E-state index contributed by atoms with van der Waals surface area (Å²) >= 11 is 0. The maximum absolute atomic E-state index is 5.45. The van der Waals surface area contributed by atoms with Gasteiger partial charge in [-0.05, 0) is 18.4 Å². The lowest BCUT2D eigenvalue weighted by atomic mass is 10.2. The van der Waals surface area contributed by atoms with Gasteiger partial charge in [0.25, 0.3) is 5.95 Å². The van der Waals surface area contributed by atoms with Gasteiger partial charge in [-0.3, -0.25) is 0 Å². The third-order valence-electron chi connectivity index (χ3n) is 2.11. The van der Waals surface area contributed by atoms with Gasteiger partial charge >= 0.3 is 0 Å². The molecule has 0 radical (unpaired) electrons. The molecule has 1 aromatic rings. The van der Waals surface area contributed by atoms with Crippen molar-refractivity contribution in [2.45, 2.75) is 12.8 Å². The molecule has 0 unspecified atom stereocenters. The molecule has 1 aliphatic rings. The van der Waals surface area contributed by atoms with Gasteiger partial charge in [0.2, 0.25) is 0 Å². The second-order valence-corrected chi connectivity index (χ2v) is 3.28. The van der Waals surface area contributed by atoms with Crippen LogP contribution in [0.4, 0.5) is 0 Å². The molecule has 2 heteroatoms. The summed E-state index contributed by atoms with van der Waals surface area (Å²) in [5.74, 6) is 0.647. The molecule has 0 aromatic heterocycles. The van der Waals surface area contributed by atoms with Crippen molar-refractivity contribution in [3.8, 4) is 0 Å². The van der Waals surface area contributed by atoms with E-state index >= 15 is 0 Å².